The molecule has 0 radical (unpaired) electrons. The summed E-state index contributed by atoms with van der Waals surface area (Å²) in [5.74, 6) is 1.52. The van der Waals surface area contributed by atoms with E-state index in [1.165, 1.54) is 9.81 Å². The molecule has 2 heterocycles. The van der Waals surface area contributed by atoms with Crippen molar-refractivity contribution in [1.29, 1.82) is 0 Å². The maximum atomic E-state index is 5.36. The third kappa shape index (κ3) is 5.54. The first-order valence-corrected chi connectivity index (χ1v) is 12.8. The zero-order valence-electron chi connectivity index (χ0n) is 17.8. The summed E-state index contributed by atoms with van der Waals surface area (Å²) in [6, 6.07) is 0. The molecule has 142 valence electrons. The van der Waals surface area contributed by atoms with Crippen LogP contribution in [0.3, 0.4) is 0 Å². The number of hydrogen-bond donors (Lipinski definition) is 0. The van der Waals surface area contributed by atoms with E-state index < -0.39 is 8.24 Å². The second-order valence-corrected chi connectivity index (χ2v) is 15.4. The Morgan fingerprint density at radius 3 is 1.56 bits per heavy atom. The minimum Gasteiger partial charge on any atom is -0.660 e. The fraction of sp³-hybridized carbons (Fsp3) is 0.650. The molecule has 0 amide bonds. The van der Waals surface area contributed by atoms with Crippen LogP contribution in [0.1, 0.15) is 34.6 Å². The third-order valence-corrected chi connectivity index (χ3v) is 11.7. The number of hydrogen-bond acceptors (Lipinski definition) is 2. The Hall–Kier alpha value is 1.07. The van der Waals surface area contributed by atoms with Crippen molar-refractivity contribution in [2.45, 2.75) is 69.3 Å². The van der Waals surface area contributed by atoms with Gasteiger partial charge in [-0.1, -0.05) is 54.3 Å². The summed E-state index contributed by atoms with van der Waals surface area (Å²) in [6.45, 7) is 16.4. The third-order valence-electron chi connectivity index (χ3n) is 4.85. The maximum absolute atomic E-state index is 5.36. The molecule has 3 aliphatic rings. The number of fused-ring (bicyclic) bond motifs is 3. The van der Waals surface area contributed by atoms with Gasteiger partial charge in [0.05, 0.1) is 0 Å². The molecule has 0 N–H and O–H groups in total. The number of allylic oxidation sites excluding steroid dienone is 4. The summed E-state index contributed by atoms with van der Waals surface area (Å²) in [5.41, 5.74) is 0.893. The van der Waals surface area contributed by atoms with Crippen LogP contribution in [0, 0.1) is 34.1 Å². The zero-order chi connectivity index (χ0) is 15.6. The molecular formula is C20H37NS2SiTi. The number of thioether (sulfide) groups is 2. The normalized spacial score (nSPS) is 32.8. The summed E-state index contributed by atoms with van der Waals surface area (Å²) in [4.78, 5) is 8.44. The Morgan fingerprint density at radius 2 is 1.24 bits per heavy atom. The van der Waals surface area contributed by atoms with Crippen molar-refractivity contribution in [3.8, 4) is 0 Å². The Balaban J connectivity index is 0. The minimum atomic E-state index is -1.62. The first kappa shape index (κ1) is 28.3. The molecule has 1 fully saturated rings. The van der Waals surface area contributed by atoms with Gasteiger partial charge >= 0.3 is 21.7 Å². The van der Waals surface area contributed by atoms with Crippen LogP contribution < -0.4 is 0 Å². The van der Waals surface area contributed by atoms with Crippen molar-refractivity contribution >= 4 is 31.8 Å². The summed E-state index contributed by atoms with van der Waals surface area (Å²) in [6.07, 6.45) is 5.12. The van der Waals surface area contributed by atoms with Crippen LogP contribution in [0.15, 0.2) is 22.0 Å². The molecular weight excluding hydrogens is 394 g/mol. The van der Waals surface area contributed by atoms with Crippen LogP contribution in [0.4, 0.5) is 0 Å². The van der Waals surface area contributed by atoms with Crippen LogP contribution in [0.25, 0.3) is 4.98 Å². The van der Waals surface area contributed by atoms with Gasteiger partial charge in [0.2, 0.25) is 0 Å². The monoisotopic (exact) mass is 431 g/mol. The van der Waals surface area contributed by atoms with Gasteiger partial charge in [-0.3, -0.25) is 0 Å². The molecule has 25 heavy (non-hydrogen) atoms. The first-order chi connectivity index (χ1) is 9.58. The molecule has 4 unspecified atom stereocenters. The van der Waals surface area contributed by atoms with E-state index in [0.29, 0.717) is 0 Å². The molecule has 0 saturated heterocycles. The molecule has 5 heteroatoms. The van der Waals surface area contributed by atoms with Crippen molar-refractivity contribution in [2.75, 3.05) is 0 Å². The molecule has 1 aliphatic carbocycles. The average molecular weight is 432 g/mol. The molecule has 0 aromatic rings. The Labute approximate surface area is 183 Å². The topological polar surface area (TPSA) is 14.1 Å². The molecule has 1 saturated carbocycles. The van der Waals surface area contributed by atoms with Crippen LogP contribution in [-0.2, 0) is 21.7 Å². The summed E-state index contributed by atoms with van der Waals surface area (Å²) >= 11 is 4.30. The van der Waals surface area contributed by atoms with Gasteiger partial charge in [0.15, 0.2) is 0 Å². The van der Waals surface area contributed by atoms with E-state index in [1.54, 1.807) is 0 Å². The second-order valence-electron chi connectivity index (χ2n) is 8.34. The largest absolute Gasteiger partial charge is 4.00 e. The van der Waals surface area contributed by atoms with Crippen LogP contribution >= 0.6 is 23.5 Å². The predicted octanol–water partition coefficient (Wildman–Crippen LogP) is 7.37. The molecule has 2 aliphatic heterocycles. The van der Waals surface area contributed by atoms with Crippen LogP contribution in [0.5, 0.6) is 0 Å². The number of nitrogens with zero attached hydrogens (tertiary/aromatic N) is 1. The van der Waals surface area contributed by atoms with Gasteiger partial charge in [-0.25, -0.2) is 0 Å². The van der Waals surface area contributed by atoms with E-state index in [2.05, 4.69) is 83.4 Å². The van der Waals surface area contributed by atoms with Crippen molar-refractivity contribution in [3.05, 3.63) is 49.2 Å². The molecule has 4 atom stereocenters. The van der Waals surface area contributed by atoms with Crippen LogP contribution in [0.2, 0.25) is 18.6 Å². The van der Waals surface area contributed by atoms with Crippen molar-refractivity contribution in [3.63, 3.8) is 0 Å². The maximum Gasteiger partial charge on any atom is 4.00 e. The van der Waals surface area contributed by atoms with E-state index in [9.17, 15) is 0 Å². The van der Waals surface area contributed by atoms with E-state index in [-0.39, 0.29) is 49.5 Å². The van der Waals surface area contributed by atoms with Gasteiger partial charge in [0.1, 0.15) is 0 Å². The van der Waals surface area contributed by atoms with Gasteiger partial charge in [-0.05, 0) is 41.0 Å². The Morgan fingerprint density at radius 1 is 0.880 bits per heavy atom. The van der Waals surface area contributed by atoms with Gasteiger partial charge in [0, 0.05) is 10.5 Å². The SMILES string of the molecule is CC1=CC2C3C=C(C)SC3C([Si](C)(C)[N-]C(C)(C)C)C2S1.[CH3-].[CH3-].[CH3-].[Ti+4]. The molecule has 0 spiro atoms. The smallest absolute Gasteiger partial charge is 0.660 e. The van der Waals surface area contributed by atoms with E-state index in [4.69, 9.17) is 4.98 Å². The molecule has 1 nitrogen and oxygen atoms in total. The summed E-state index contributed by atoms with van der Waals surface area (Å²) in [5, 5.41) is 1.56. The van der Waals surface area contributed by atoms with E-state index in [0.717, 1.165) is 27.9 Å². The molecule has 3 rings (SSSR count). The van der Waals surface area contributed by atoms with Gasteiger partial charge in [-0.15, -0.1) is 29.1 Å². The van der Waals surface area contributed by atoms with Gasteiger partial charge in [-0.2, -0.15) is 0 Å². The van der Waals surface area contributed by atoms with E-state index >= 15 is 0 Å². The number of rotatable bonds is 2. The minimum absolute atomic E-state index is 0. The first-order valence-electron chi connectivity index (χ1n) is 8.03. The summed E-state index contributed by atoms with van der Waals surface area (Å²) < 4.78 is 0. The van der Waals surface area contributed by atoms with Crippen molar-refractivity contribution < 1.29 is 21.7 Å². The molecule has 0 bridgehead atoms. The molecule has 0 aromatic heterocycles. The standard InChI is InChI=1S/C17H28NS2Si.3CH3.Ti/c1-10-8-12-13-9-11(2)20-15(13)16(14(12)19-10)21(6,7)18-17(3,4)5;;;;/h8-9,12-16H,1-7H3;3*1H3;/q4*-1;+4. The predicted molar refractivity (Wildman–Crippen MR) is 121 cm³/mol. The molecule has 0 aromatic carbocycles. The van der Waals surface area contributed by atoms with Crippen molar-refractivity contribution in [1.82, 2.24) is 0 Å². The fourth-order valence-electron chi connectivity index (χ4n) is 4.61. The quantitative estimate of drug-likeness (QED) is 0.335. The fourth-order valence-corrected chi connectivity index (χ4v) is 13.8. The average Bonchev–Trinajstić information content (AvgIpc) is 2.84. The van der Waals surface area contributed by atoms with Gasteiger partial charge in [0.25, 0.3) is 0 Å². The zero-order valence-corrected chi connectivity index (χ0v) is 22.0. The second kappa shape index (κ2) is 9.52. The van der Waals surface area contributed by atoms with E-state index in [1.807, 2.05) is 0 Å². The summed E-state index contributed by atoms with van der Waals surface area (Å²) in [7, 11) is -1.62. The van der Waals surface area contributed by atoms with Crippen LogP contribution in [-0.4, -0.2) is 24.3 Å². The van der Waals surface area contributed by atoms with Crippen molar-refractivity contribution in [2.24, 2.45) is 11.8 Å². The Kier molecular flexibility index (Phi) is 10.8. The Bertz CT molecular complexity index is 478. The van der Waals surface area contributed by atoms with Gasteiger partial charge < -0.3 is 27.3 Å².